The van der Waals surface area contributed by atoms with E-state index < -0.39 is 0 Å². The predicted molar refractivity (Wildman–Crippen MR) is 62.7 cm³/mol. The van der Waals surface area contributed by atoms with Gasteiger partial charge in [0.05, 0.1) is 0 Å². The highest BCUT2D eigenvalue weighted by Crippen LogP contribution is 2.26. The molecule has 0 aliphatic rings. The average Bonchev–Trinajstić information content (AvgIpc) is 2.01. The van der Waals surface area contributed by atoms with Gasteiger partial charge in [-0.15, -0.1) is 0 Å². The molecule has 0 nitrogen and oxygen atoms in total. The molecule has 1 aromatic carbocycles. The number of rotatable bonds is 3. The first-order valence-electron chi connectivity index (χ1n) is 4.44. The zero-order valence-corrected chi connectivity index (χ0v) is 10.6. The molecule has 0 radical (unpaired) electrons. The summed E-state index contributed by atoms with van der Waals surface area (Å²) in [7, 11) is 0. The molecule has 0 N–H and O–H groups in total. The van der Waals surface area contributed by atoms with Gasteiger partial charge >= 0.3 is 0 Å². The lowest BCUT2D eigenvalue weighted by molar-refractivity contribution is 0.424. The van der Waals surface area contributed by atoms with Gasteiger partial charge in [-0.2, -0.15) is 0 Å². The summed E-state index contributed by atoms with van der Waals surface area (Å²) in [6.45, 7) is 4.25. The summed E-state index contributed by atoms with van der Waals surface area (Å²) in [4.78, 5) is 0. The molecule has 0 amide bonds. The van der Waals surface area contributed by atoms with Crippen LogP contribution in [0.5, 0.6) is 0 Å². The zero-order chi connectivity index (χ0) is 10.8. The zero-order valence-electron chi connectivity index (χ0n) is 8.28. The lowest BCUT2D eigenvalue weighted by Crippen LogP contribution is -2.16. The molecule has 1 aromatic rings. The molecule has 0 aliphatic carbocycles. The van der Waals surface area contributed by atoms with Gasteiger partial charge in [0.25, 0.3) is 0 Å². The van der Waals surface area contributed by atoms with Crippen LogP contribution in [0.2, 0.25) is 5.02 Å². The van der Waals surface area contributed by atoms with E-state index in [9.17, 15) is 4.39 Å². The fourth-order valence-corrected chi connectivity index (χ4v) is 1.76. The van der Waals surface area contributed by atoms with Crippen molar-refractivity contribution in [3.05, 3.63) is 34.6 Å². The molecule has 0 heterocycles. The van der Waals surface area contributed by atoms with Crippen molar-refractivity contribution in [2.45, 2.75) is 20.3 Å². The van der Waals surface area contributed by atoms with Crippen LogP contribution in [-0.4, -0.2) is 5.33 Å². The average molecular weight is 280 g/mol. The van der Waals surface area contributed by atoms with Crippen molar-refractivity contribution >= 4 is 27.5 Å². The van der Waals surface area contributed by atoms with Crippen LogP contribution in [-0.2, 0) is 6.42 Å². The Labute approximate surface area is 97.6 Å². The normalized spacial score (nSPS) is 11.8. The Morgan fingerprint density at radius 3 is 2.50 bits per heavy atom. The monoisotopic (exact) mass is 278 g/mol. The first-order valence-corrected chi connectivity index (χ1v) is 5.94. The number of hydrogen-bond acceptors (Lipinski definition) is 0. The largest absolute Gasteiger partial charge is 0.207 e. The van der Waals surface area contributed by atoms with Gasteiger partial charge in [0.2, 0.25) is 0 Å². The van der Waals surface area contributed by atoms with Crippen molar-refractivity contribution in [1.82, 2.24) is 0 Å². The molecule has 0 bridgehead atoms. The standard InChI is InChI=1S/C11H13BrClF/c1-11(2,7-12)6-8-3-9(13)5-10(14)4-8/h3-5H,6-7H2,1-2H3. The van der Waals surface area contributed by atoms with E-state index in [4.69, 9.17) is 11.6 Å². The topological polar surface area (TPSA) is 0 Å². The highest BCUT2D eigenvalue weighted by atomic mass is 79.9. The van der Waals surface area contributed by atoms with Crippen molar-refractivity contribution in [2.24, 2.45) is 5.41 Å². The maximum atomic E-state index is 13.0. The van der Waals surface area contributed by atoms with Crippen molar-refractivity contribution in [3.8, 4) is 0 Å². The minimum atomic E-state index is -0.266. The van der Waals surface area contributed by atoms with Gasteiger partial charge < -0.3 is 0 Å². The van der Waals surface area contributed by atoms with Crippen LogP contribution in [0.3, 0.4) is 0 Å². The first kappa shape index (κ1) is 12.0. The van der Waals surface area contributed by atoms with E-state index in [1.54, 1.807) is 0 Å². The Kier molecular flexibility index (Phi) is 3.96. The second-order valence-electron chi connectivity index (χ2n) is 4.25. The Balaban J connectivity index is 2.87. The predicted octanol–water partition coefficient (Wildman–Crippen LogP) is 4.44. The van der Waals surface area contributed by atoms with Crippen LogP contribution in [0.4, 0.5) is 4.39 Å². The SMILES string of the molecule is CC(C)(CBr)Cc1cc(F)cc(Cl)c1. The summed E-state index contributed by atoms with van der Waals surface area (Å²) in [5, 5.41) is 1.35. The van der Waals surface area contributed by atoms with Crippen LogP contribution in [0.15, 0.2) is 18.2 Å². The Hall–Kier alpha value is -0.0800. The van der Waals surface area contributed by atoms with Crippen LogP contribution in [0, 0.1) is 11.2 Å². The molecule has 0 unspecified atom stereocenters. The number of halogens is 3. The van der Waals surface area contributed by atoms with Crippen molar-refractivity contribution in [3.63, 3.8) is 0 Å². The second kappa shape index (κ2) is 4.63. The van der Waals surface area contributed by atoms with Crippen LogP contribution in [0.1, 0.15) is 19.4 Å². The van der Waals surface area contributed by atoms with Gasteiger partial charge in [-0.1, -0.05) is 41.4 Å². The molecular weight excluding hydrogens is 266 g/mol. The van der Waals surface area contributed by atoms with Crippen molar-refractivity contribution in [1.29, 1.82) is 0 Å². The first-order chi connectivity index (χ1) is 6.43. The smallest absolute Gasteiger partial charge is 0.124 e. The molecule has 1 rings (SSSR count). The molecular formula is C11H13BrClF. The summed E-state index contributed by atoms with van der Waals surface area (Å²) < 4.78 is 13.0. The third-order valence-corrected chi connectivity index (χ3v) is 3.70. The molecule has 0 atom stereocenters. The quantitative estimate of drug-likeness (QED) is 0.718. The number of alkyl halides is 1. The Morgan fingerprint density at radius 2 is 2.00 bits per heavy atom. The molecule has 0 aromatic heterocycles. The molecule has 0 spiro atoms. The van der Waals surface area contributed by atoms with Gasteiger partial charge in [0, 0.05) is 10.4 Å². The molecule has 0 aliphatic heterocycles. The molecule has 3 heteroatoms. The highest BCUT2D eigenvalue weighted by molar-refractivity contribution is 9.09. The molecule has 0 saturated carbocycles. The molecule has 14 heavy (non-hydrogen) atoms. The Morgan fingerprint density at radius 1 is 1.36 bits per heavy atom. The lowest BCUT2D eigenvalue weighted by atomic mass is 9.88. The van der Waals surface area contributed by atoms with Crippen molar-refractivity contribution in [2.75, 3.05) is 5.33 Å². The van der Waals surface area contributed by atoms with Gasteiger partial charge in [-0.05, 0) is 35.6 Å². The van der Waals surface area contributed by atoms with Crippen LogP contribution < -0.4 is 0 Å². The Bertz CT molecular complexity index is 303. The van der Waals surface area contributed by atoms with E-state index in [1.165, 1.54) is 12.1 Å². The summed E-state index contributed by atoms with van der Waals surface area (Å²) in [6.07, 6.45) is 0.815. The molecule has 0 fully saturated rings. The van der Waals surface area contributed by atoms with Gasteiger partial charge in [-0.3, -0.25) is 0 Å². The lowest BCUT2D eigenvalue weighted by Gasteiger charge is -2.21. The molecule has 78 valence electrons. The maximum Gasteiger partial charge on any atom is 0.124 e. The third-order valence-electron chi connectivity index (χ3n) is 1.97. The minimum Gasteiger partial charge on any atom is -0.207 e. The summed E-state index contributed by atoms with van der Waals surface area (Å²) in [6, 6.07) is 4.68. The highest BCUT2D eigenvalue weighted by Gasteiger charge is 2.17. The van der Waals surface area contributed by atoms with Gasteiger partial charge in [0.15, 0.2) is 0 Å². The number of benzene rings is 1. The van der Waals surface area contributed by atoms with E-state index in [0.29, 0.717) is 5.02 Å². The summed E-state index contributed by atoms with van der Waals surface area (Å²) >= 11 is 9.21. The van der Waals surface area contributed by atoms with Crippen molar-refractivity contribution < 1.29 is 4.39 Å². The fraction of sp³-hybridized carbons (Fsp3) is 0.455. The third kappa shape index (κ3) is 3.58. The van der Waals surface area contributed by atoms with E-state index in [-0.39, 0.29) is 11.2 Å². The van der Waals surface area contributed by atoms with E-state index >= 15 is 0 Å². The number of hydrogen-bond donors (Lipinski definition) is 0. The second-order valence-corrected chi connectivity index (χ2v) is 5.25. The van der Waals surface area contributed by atoms with Gasteiger partial charge in [-0.25, -0.2) is 4.39 Å². The summed E-state index contributed by atoms with van der Waals surface area (Å²) in [5.74, 6) is -0.266. The maximum absolute atomic E-state index is 13.0. The van der Waals surface area contributed by atoms with Crippen LogP contribution in [0.25, 0.3) is 0 Å². The minimum absolute atomic E-state index is 0.122. The molecule has 0 saturated heterocycles. The fourth-order valence-electron chi connectivity index (χ4n) is 1.31. The van der Waals surface area contributed by atoms with E-state index in [0.717, 1.165) is 17.3 Å². The summed E-state index contributed by atoms with van der Waals surface area (Å²) in [5.41, 5.74) is 1.07. The van der Waals surface area contributed by atoms with Gasteiger partial charge in [0.1, 0.15) is 5.82 Å². The van der Waals surface area contributed by atoms with E-state index in [2.05, 4.69) is 29.8 Å². The van der Waals surface area contributed by atoms with Crippen LogP contribution >= 0.6 is 27.5 Å². The van der Waals surface area contributed by atoms with E-state index in [1.807, 2.05) is 6.07 Å².